The van der Waals surface area contributed by atoms with Gasteiger partial charge in [-0.3, -0.25) is 9.11 Å². The number of nitrogens with one attached hydrogen (secondary N) is 1. The van der Waals surface area contributed by atoms with E-state index in [0.717, 1.165) is 47.6 Å². The highest BCUT2D eigenvalue weighted by atomic mass is 32.3. The Labute approximate surface area is 193 Å². The quantitative estimate of drug-likeness (QED) is 0.201. The predicted octanol–water partition coefficient (Wildman–Crippen LogP) is 6.23. The van der Waals surface area contributed by atoms with E-state index in [0.29, 0.717) is 17.1 Å². The van der Waals surface area contributed by atoms with E-state index in [1.165, 1.54) is 23.9 Å². The summed E-state index contributed by atoms with van der Waals surface area (Å²) in [7, 11) is -3.35. The molecule has 6 nitrogen and oxygen atoms in total. The van der Waals surface area contributed by atoms with Gasteiger partial charge in [-0.1, -0.05) is 31.9 Å². The van der Waals surface area contributed by atoms with Crippen LogP contribution in [0, 0.1) is 5.82 Å². The summed E-state index contributed by atoms with van der Waals surface area (Å²) in [4.78, 5) is 11.8. The number of carboxylic acid groups (broad SMARTS) is 1. The Kier molecular flexibility index (Phi) is 8.24. The molecule has 0 fully saturated rings. The lowest BCUT2D eigenvalue weighted by atomic mass is 9.85. The Balaban J connectivity index is 2.13. The molecule has 2 aromatic rings. The Morgan fingerprint density at radius 3 is 2.66 bits per heavy atom. The lowest BCUT2D eigenvalue weighted by Gasteiger charge is -2.36. The van der Waals surface area contributed by atoms with E-state index in [2.05, 4.69) is 11.6 Å². The summed E-state index contributed by atoms with van der Waals surface area (Å²) in [5, 5.41) is 8.83. The molecule has 2 unspecified atom stereocenters. The molecule has 0 saturated heterocycles. The van der Waals surface area contributed by atoms with Crippen LogP contribution in [0.2, 0.25) is 0 Å². The molecule has 4 N–H and O–H groups in total. The van der Waals surface area contributed by atoms with Gasteiger partial charge < -0.3 is 9.84 Å². The molecule has 9 heteroatoms. The van der Waals surface area contributed by atoms with E-state index in [-0.39, 0.29) is 17.8 Å². The van der Waals surface area contributed by atoms with Crippen molar-refractivity contribution in [3.05, 3.63) is 65.7 Å². The zero-order chi connectivity index (χ0) is 23.3. The summed E-state index contributed by atoms with van der Waals surface area (Å²) >= 11 is 1.41. The van der Waals surface area contributed by atoms with Crippen molar-refractivity contribution in [1.29, 1.82) is 0 Å². The zero-order valence-corrected chi connectivity index (χ0v) is 19.6. The Morgan fingerprint density at radius 1 is 1.31 bits per heavy atom. The van der Waals surface area contributed by atoms with Crippen LogP contribution in [-0.4, -0.2) is 32.5 Å². The third-order valence-corrected chi connectivity index (χ3v) is 7.80. The number of fused-ring (bicyclic) bond motifs is 1. The van der Waals surface area contributed by atoms with Crippen molar-refractivity contribution >= 4 is 28.5 Å². The summed E-state index contributed by atoms with van der Waals surface area (Å²) in [5.41, 5.74) is 1.63. The van der Waals surface area contributed by atoms with E-state index in [4.69, 9.17) is 9.84 Å². The smallest absolute Gasteiger partial charge is 0.331 e. The van der Waals surface area contributed by atoms with Crippen LogP contribution in [0.4, 0.5) is 4.39 Å². The minimum Gasteiger partial charge on any atom is -0.478 e. The first kappa shape index (κ1) is 24.6. The molecule has 2 atom stereocenters. The predicted molar refractivity (Wildman–Crippen MR) is 126 cm³/mol. The van der Waals surface area contributed by atoms with Crippen LogP contribution in [0.1, 0.15) is 49.7 Å². The van der Waals surface area contributed by atoms with Gasteiger partial charge in [-0.25, -0.2) is 13.9 Å². The lowest BCUT2D eigenvalue weighted by Crippen LogP contribution is -2.31. The summed E-state index contributed by atoms with van der Waals surface area (Å²) in [5.74, 6) is -1.32. The molecule has 174 valence electrons. The minimum absolute atomic E-state index is 0.142. The molecule has 2 aromatic carbocycles. The SMILES string of the molecule is CCCCC1CC(c2ccc(F)cc2)c2cc(SC)c(O/C=C/C(=O)O)cc2S(O)(O)N1. The van der Waals surface area contributed by atoms with Crippen molar-refractivity contribution in [3.63, 3.8) is 0 Å². The van der Waals surface area contributed by atoms with Gasteiger partial charge in [0, 0.05) is 18.0 Å². The van der Waals surface area contributed by atoms with E-state index in [1.807, 2.05) is 12.3 Å². The van der Waals surface area contributed by atoms with Gasteiger partial charge in [-0.2, -0.15) is 0 Å². The van der Waals surface area contributed by atoms with Crippen molar-refractivity contribution in [2.75, 3.05) is 6.26 Å². The second-order valence-electron chi connectivity index (χ2n) is 7.65. The van der Waals surface area contributed by atoms with Crippen molar-refractivity contribution in [2.24, 2.45) is 0 Å². The minimum atomic E-state index is -3.35. The fourth-order valence-electron chi connectivity index (χ4n) is 3.89. The first-order valence-electron chi connectivity index (χ1n) is 10.3. The summed E-state index contributed by atoms with van der Waals surface area (Å²) in [6.45, 7) is 2.08. The van der Waals surface area contributed by atoms with E-state index < -0.39 is 16.7 Å². The second-order valence-corrected chi connectivity index (χ2v) is 10.3. The average molecular weight is 482 g/mol. The Bertz CT molecular complexity index is 981. The number of unbranched alkanes of at least 4 members (excludes halogenated alkanes) is 1. The number of carbonyl (C=O) groups is 1. The molecule has 0 radical (unpaired) electrons. The molecule has 1 heterocycles. The van der Waals surface area contributed by atoms with Gasteiger partial charge in [0.2, 0.25) is 0 Å². The van der Waals surface area contributed by atoms with Crippen LogP contribution in [0.15, 0.2) is 58.5 Å². The number of aliphatic carboxylic acids is 1. The molecule has 1 aliphatic heterocycles. The number of thioether (sulfide) groups is 1. The molecular formula is C23H28FNO5S2. The fourth-order valence-corrected chi connectivity index (χ4v) is 6.05. The summed E-state index contributed by atoms with van der Waals surface area (Å²) in [6, 6.07) is 9.57. The third kappa shape index (κ3) is 5.85. The molecule has 1 aliphatic rings. The molecule has 0 spiro atoms. The van der Waals surface area contributed by atoms with Crippen LogP contribution in [0.3, 0.4) is 0 Å². The maximum atomic E-state index is 13.6. The van der Waals surface area contributed by atoms with Crippen LogP contribution >= 0.6 is 22.5 Å². The van der Waals surface area contributed by atoms with Gasteiger partial charge in [0.05, 0.1) is 22.1 Å². The largest absolute Gasteiger partial charge is 0.478 e. The van der Waals surface area contributed by atoms with E-state index in [1.54, 1.807) is 18.2 Å². The first-order valence-corrected chi connectivity index (χ1v) is 13.1. The average Bonchev–Trinajstić information content (AvgIpc) is 2.85. The molecule has 0 aromatic heterocycles. The van der Waals surface area contributed by atoms with Crippen molar-refractivity contribution < 1.29 is 28.1 Å². The maximum Gasteiger partial charge on any atom is 0.331 e. The topological polar surface area (TPSA) is 99.0 Å². The van der Waals surface area contributed by atoms with Crippen LogP contribution in [-0.2, 0) is 4.79 Å². The molecule has 0 amide bonds. The maximum absolute atomic E-state index is 13.6. The number of carboxylic acids is 1. The van der Waals surface area contributed by atoms with Crippen molar-refractivity contribution in [2.45, 2.75) is 54.4 Å². The number of ether oxygens (including phenoxy) is 1. The molecule has 0 saturated carbocycles. The van der Waals surface area contributed by atoms with Gasteiger partial charge in [0.25, 0.3) is 0 Å². The highest BCUT2D eigenvalue weighted by Crippen LogP contribution is 2.55. The molecule has 3 rings (SSSR count). The monoisotopic (exact) mass is 481 g/mol. The summed E-state index contributed by atoms with van der Waals surface area (Å²) in [6.07, 6.45) is 7.11. The fraction of sp³-hybridized carbons (Fsp3) is 0.348. The van der Waals surface area contributed by atoms with Gasteiger partial charge in [-0.15, -0.1) is 22.5 Å². The summed E-state index contributed by atoms with van der Waals surface area (Å²) < 4.78 is 44.3. The number of hydrogen-bond acceptors (Lipinski definition) is 6. The highest BCUT2D eigenvalue weighted by molar-refractivity contribution is 8.22. The van der Waals surface area contributed by atoms with Crippen molar-refractivity contribution in [1.82, 2.24) is 4.72 Å². The Hall–Kier alpha value is -2.04. The van der Waals surface area contributed by atoms with Crippen LogP contribution in [0.5, 0.6) is 5.75 Å². The normalized spacial score (nSPS) is 21.0. The zero-order valence-electron chi connectivity index (χ0n) is 18.0. The molecule has 32 heavy (non-hydrogen) atoms. The molecule has 0 aliphatic carbocycles. The standard InChI is InChI=1S/C23H28FNO5S2/c1-3-4-5-17-12-18(15-6-8-16(24)9-7-15)19-13-21(31-2)20(30-11-10-23(26)27)14-22(19)32(28,29)25-17/h6-11,13-14,17-18,25,28-29H,3-5,12H2,1-2H3,(H,26,27)/b11-10+. The second kappa shape index (κ2) is 10.7. The van der Waals surface area contributed by atoms with Crippen molar-refractivity contribution in [3.8, 4) is 5.75 Å². The van der Waals surface area contributed by atoms with E-state index >= 15 is 0 Å². The van der Waals surface area contributed by atoms with Gasteiger partial charge in [0.15, 0.2) is 0 Å². The number of benzene rings is 2. The molecular weight excluding hydrogens is 453 g/mol. The lowest BCUT2D eigenvalue weighted by molar-refractivity contribution is -0.131. The molecule has 0 bridgehead atoms. The van der Waals surface area contributed by atoms with Crippen LogP contribution in [0.25, 0.3) is 0 Å². The number of halogens is 1. The Morgan fingerprint density at radius 2 is 2.03 bits per heavy atom. The first-order chi connectivity index (χ1) is 15.2. The van der Waals surface area contributed by atoms with E-state index in [9.17, 15) is 18.3 Å². The van der Waals surface area contributed by atoms with Gasteiger partial charge >= 0.3 is 5.97 Å². The number of hydrogen-bond donors (Lipinski definition) is 4. The van der Waals surface area contributed by atoms with Gasteiger partial charge in [0.1, 0.15) is 11.6 Å². The highest BCUT2D eigenvalue weighted by Gasteiger charge is 2.34. The van der Waals surface area contributed by atoms with Gasteiger partial charge in [-0.05, 0) is 48.4 Å². The van der Waals surface area contributed by atoms with Crippen LogP contribution < -0.4 is 9.46 Å². The number of rotatable bonds is 8. The third-order valence-electron chi connectivity index (χ3n) is 5.41.